The fraction of sp³-hybridized carbons (Fsp3) is 0.625. The van der Waals surface area contributed by atoms with Crippen LogP contribution in [0.25, 0.3) is 0 Å². The minimum absolute atomic E-state index is 0.238. The van der Waals surface area contributed by atoms with Crippen LogP contribution in [0.4, 0.5) is 4.79 Å². The predicted octanol–water partition coefficient (Wildman–Crippen LogP) is 1.78. The van der Waals surface area contributed by atoms with Crippen LogP contribution in [0.2, 0.25) is 0 Å². The van der Waals surface area contributed by atoms with Crippen molar-refractivity contribution in [3.8, 4) is 0 Å². The number of rotatable bonds is 3. The lowest BCUT2D eigenvalue weighted by Crippen LogP contribution is -2.35. The van der Waals surface area contributed by atoms with Gasteiger partial charge in [0, 0.05) is 0 Å². The smallest absolute Gasteiger partial charge is 0.422 e. The molecule has 0 N–H and O–H groups in total. The molecule has 0 bridgehead atoms. The molecule has 4 nitrogen and oxygen atoms in total. The van der Waals surface area contributed by atoms with E-state index in [4.69, 9.17) is 17.0 Å². The average Bonchev–Trinajstić information content (AvgIpc) is 2.46. The zero-order valence-corrected chi connectivity index (χ0v) is 9.45. The molecule has 14 heavy (non-hydrogen) atoms. The Morgan fingerprint density at radius 1 is 1.71 bits per heavy atom. The number of thioether (sulfide) groups is 1. The van der Waals surface area contributed by atoms with Gasteiger partial charge in [0.1, 0.15) is 0 Å². The molecule has 0 aromatic rings. The number of carbonyl (C=O) groups excluding carboxylic acids is 2. The molecule has 0 aromatic carbocycles. The van der Waals surface area contributed by atoms with Gasteiger partial charge in [-0.1, -0.05) is 37.3 Å². The second-order valence-electron chi connectivity index (χ2n) is 2.75. The first kappa shape index (κ1) is 11.5. The molecular formula is C8H11NO3S2. The lowest BCUT2D eigenvalue weighted by molar-refractivity contribution is -0.122. The third-order valence-corrected chi connectivity index (χ3v) is 3.01. The number of unbranched alkanes of at least 4 members (excludes halogenated alkanes) is 1. The van der Waals surface area contributed by atoms with Crippen molar-refractivity contribution in [1.82, 2.24) is 4.90 Å². The van der Waals surface area contributed by atoms with Crippen LogP contribution in [0.15, 0.2) is 0 Å². The number of amides is 2. The maximum Gasteiger partial charge on any atom is 0.422 e. The number of hydrogen-bond donors (Lipinski definition) is 0. The largest absolute Gasteiger partial charge is 0.449 e. The first-order chi connectivity index (χ1) is 6.66. The number of ether oxygens (including phenoxy) is 1. The van der Waals surface area contributed by atoms with E-state index in [1.807, 2.05) is 6.92 Å². The molecule has 0 radical (unpaired) electrons. The van der Waals surface area contributed by atoms with E-state index in [-0.39, 0.29) is 16.0 Å². The zero-order valence-electron chi connectivity index (χ0n) is 7.82. The standard InChI is InChI=1S/C8H11NO3S2/c1-2-3-4-12-7(11)9-6(10)5-14-8(9)13/h2-5H2,1H3. The third kappa shape index (κ3) is 2.68. The summed E-state index contributed by atoms with van der Waals surface area (Å²) in [5.74, 6) is -0.0525. The lowest BCUT2D eigenvalue weighted by atomic mass is 10.4. The van der Waals surface area contributed by atoms with Gasteiger partial charge in [-0.2, -0.15) is 4.90 Å². The summed E-state index contributed by atoms with van der Waals surface area (Å²) in [4.78, 5) is 23.4. The highest BCUT2D eigenvalue weighted by Gasteiger charge is 2.33. The number of hydrogen-bond acceptors (Lipinski definition) is 5. The van der Waals surface area contributed by atoms with Crippen molar-refractivity contribution in [2.24, 2.45) is 0 Å². The molecule has 1 heterocycles. The first-order valence-electron chi connectivity index (χ1n) is 4.33. The lowest BCUT2D eigenvalue weighted by Gasteiger charge is -2.12. The van der Waals surface area contributed by atoms with E-state index < -0.39 is 6.09 Å². The Kier molecular flexibility index (Phi) is 4.34. The van der Waals surface area contributed by atoms with Gasteiger partial charge >= 0.3 is 6.09 Å². The number of imide groups is 1. The Morgan fingerprint density at radius 2 is 2.43 bits per heavy atom. The molecule has 0 aliphatic carbocycles. The molecule has 6 heteroatoms. The molecular weight excluding hydrogens is 222 g/mol. The van der Waals surface area contributed by atoms with Crippen LogP contribution in [0, 0.1) is 0 Å². The maximum absolute atomic E-state index is 11.3. The summed E-state index contributed by atoms with van der Waals surface area (Å²) in [7, 11) is 0. The second-order valence-corrected chi connectivity index (χ2v) is 4.36. The monoisotopic (exact) mass is 233 g/mol. The van der Waals surface area contributed by atoms with Crippen LogP contribution in [-0.2, 0) is 9.53 Å². The van der Waals surface area contributed by atoms with Crippen molar-refractivity contribution in [3.05, 3.63) is 0 Å². The van der Waals surface area contributed by atoms with Crippen LogP contribution in [0.3, 0.4) is 0 Å². The minimum Gasteiger partial charge on any atom is -0.449 e. The summed E-state index contributed by atoms with van der Waals surface area (Å²) < 4.78 is 5.16. The Morgan fingerprint density at radius 3 is 2.93 bits per heavy atom. The maximum atomic E-state index is 11.3. The van der Waals surface area contributed by atoms with Crippen molar-refractivity contribution in [2.75, 3.05) is 12.4 Å². The van der Waals surface area contributed by atoms with E-state index in [1.165, 1.54) is 11.8 Å². The van der Waals surface area contributed by atoms with Gasteiger partial charge in [0.25, 0.3) is 0 Å². The molecule has 1 rings (SSSR count). The Bertz CT molecular complexity index is 251. The van der Waals surface area contributed by atoms with E-state index in [0.29, 0.717) is 6.61 Å². The van der Waals surface area contributed by atoms with Gasteiger partial charge in [-0.05, 0) is 6.42 Å². The van der Waals surface area contributed by atoms with Crippen LogP contribution >= 0.6 is 24.0 Å². The van der Waals surface area contributed by atoms with E-state index in [9.17, 15) is 9.59 Å². The van der Waals surface area contributed by atoms with E-state index >= 15 is 0 Å². The Balaban J connectivity index is 2.43. The highest BCUT2D eigenvalue weighted by Crippen LogP contribution is 2.20. The molecule has 1 fully saturated rings. The predicted molar refractivity (Wildman–Crippen MR) is 58.2 cm³/mol. The fourth-order valence-corrected chi connectivity index (χ4v) is 1.93. The quantitative estimate of drug-likeness (QED) is 0.549. The molecule has 1 saturated heterocycles. The Hall–Kier alpha value is -0.620. The molecule has 0 atom stereocenters. The number of carbonyl (C=O) groups is 2. The summed E-state index contributed by atoms with van der Waals surface area (Å²) in [6, 6.07) is 0. The molecule has 1 aliphatic rings. The van der Waals surface area contributed by atoms with Crippen molar-refractivity contribution in [3.63, 3.8) is 0 Å². The normalized spacial score (nSPS) is 16.2. The topological polar surface area (TPSA) is 46.6 Å². The van der Waals surface area contributed by atoms with Crippen LogP contribution < -0.4 is 0 Å². The van der Waals surface area contributed by atoms with Gasteiger partial charge in [0.2, 0.25) is 5.91 Å². The van der Waals surface area contributed by atoms with Gasteiger partial charge in [0.15, 0.2) is 4.32 Å². The molecule has 0 saturated carbocycles. The van der Waals surface area contributed by atoms with Gasteiger partial charge < -0.3 is 4.74 Å². The molecule has 2 amide bonds. The summed E-state index contributed by atoms with van der Waals surface area (Å²) in [5.41, 5.74) is 0. The summed E-state index contributed by atoms with van der Waals surface area (Å²) >= 11 is 6.03. The highest BCUT2D eigenvalue weighted by molar-refractivity contribution is 8.24. The van der Waals surface area contributed by atoms with Crippen molar-refractivity contribution in [2.45, 2.75) is 19.8 Å². The van der Waals surface area contributed by atoms with Crippen molar-refractivity contribution < 1.29 is 14.3 Å². The SMILES string of the molecule is CCCCOC(=O)N1C(=O)CSC1=S. The van der Waals surface area contributed by atoms with Gasteiger partial charge in [0.05, 0.1) is 12.4 Å². The second kappa shape index (κ2) is 5.31. The molecule has 78 valence electrons. The van der Waals surface area contributed by atoms with Crippen molar-refractivity contribution >= 4 is 40.3 Å². The third-order valence-electron chi connectivity index (χ3n) is 1.66. The molecule has 1 aliphatic heterocycles. The van der Waals surface area contributed by atoms with Gasteiger partial charge in [-0.3, -0.25) is 4.79 Å². The van der Waals surface area contributed by atoms with Crippen LogP contribution in [0.5, 0.6) is 0 Å². The first-order valence-corrected chi connectivity index (χ1v) is 5.72. The summed E-state index contributed by atoms with van der Waals surface area (Å²) in [5, 5.41) is 0. The zero-order chi connectivity index (χ0) is 10.6. The Labute approximate surface area is 92.0 Å². The van der Waals surface area contributed by atoms with Crippen LogP contribution in [-0.4, -0.2) is 33.6 Å². The number of nitrogens with zero attached hydrogens (tertiary/aromatic N) is 1. The molecule has 0 spiro atoms. The molecule has 0 aromatic heterocycles. The fourth-order valence-electron chi connectivity index (χ4n) is 0.899. The van der Waals surface area contributed by atoms with Gasteiger partial charge in [-0.25, -0.2) is 4.79 Å². The number of thiocarbonyl (C=S) groups is 1. The highest BCUT2D eigenvalue weighted by atomic mass is 32.2. The van der Waals surface area contributed by atoms with E-state index in [1.54, 1.807) is 0 Å². The summed E-state index contributed by atoms with van der Waals surface area (Å²) in [6.45, 7) is 2.34. The van der Waals surface area contributed by atoms with E-state index in [2.05, 4.69) is 0 Å². The summed E-state index contributed by atoms with van der Waals surface area (Å²) in [6.07, 6.45) is 1.10. The van der Waals surface area contributed by atoms with Gasteiger partial charge in [-0.15, -0.1) is 0 Å². The van der Waals surface area contributed by atoms with Crippen molar-refractivity contribution in [1.29, 1.82) is 0 Å². The molecule has 0 unspecified atom stereocenters. The van der Waals surface area contributed by atoms with Crippen LogP contribution in [0.1, 0.15) is 19.8 Å². The minimum atomic E-state index is -0.640. The van der Waals surface area contributed by atoms with E-state index in [0.717, 1.165) is 17.7 Å². The average molecular weight is 233 g/mol.